The SMILES string of the molecule is COc1ccc(C2(CO)CCC2)c(C)c1. The Kier molecular flexibility index (Phi) is 2.70. The second-order valence-electron chi connectivity index (χ2n) is 4.47. The molecule has 0 amide bonds. The van der Waals surface area contributed by atoms with Crippen LogP contribution >= 0.6 is 0 Å². The Hall–Kier alpha value is -1.02. The zero-order chi connectivity index (χ0) is 10.9. The minimum absolute atomic E-state index is 0.0381. The molecule has 1 N–H and O–H groups in total. The van der Waals surface area contributed by atoms with Crippen LogP contribution in [0.2, 0.25) is 0 Å². The number of hydrogen-bond acceptors (Lipinski definition) is 2. The van der Waals surface area contributed by atoms with E-state index in [2.05, 4.69) is 13.0 Å². The Morgan fingerprint density at radius 1 is 1.40 bits per heavy atom. The molecule has 0 saturated heterocycles. The molecule has 1 aliphatic rings. The van der Waals surface area contributed by atoms with Gasteiger partial charge in [-0.1, -0.05) is 12.5 Å². The standard InChI is InChI=1S/C13H18O2/c1-10-8-11(15-2)4-5-12(10)13(9-14)6-3-7-13/h4-5,8,14H,3,6-7,9H2,1-2H3. The molecule has 1 aromatic carbocycles. The van der Waals surface area contributed by atoms with Crippen molar-refractivity contribution in [2.24, 2.45) is 0 Å². The summed E-state index contributed by atoms with van der Waals surface area (Å²) in [5.41, 5.74) is 2.55. The maximum atomic E-state index is 9.51. The van der Waals surface area contributed by atoms with Gasteiger partial charge in [-0.05, 0) is 43.0 Å². The normalized spacial score (nSPS) is 18.3. The highest BCUT2D eigenvalue weighted by Gasteiger charge is 2.38. The van der Waals surface area contributed by atoms with Gasteiger partial charge in [0.15, 0.2) is 0 Å². The summed E-state index contributed by atoms with van der Waals surface area (Å²) in [7, 11) is 1.68. The van der Waals surface area contributed by atoms with Gasteiger partial charge in [0.25, 0.3) is 0 Å². The lowest BCUT2D eigenvalue weighted by molar-refractivity contribution is 0.119. The van der Waals surface area contributed by atoms with E-state index in [9.17, 15) is 5.11 Å². The first-order valence-corrected chi connectivity index (χ1v) is 5.48. The second-order valence-corrected chi connectivity index (χ2v) is 4.47. The number of aliphatic hydroxyl groups excluding tert-OH is 1. The van der Waals surface area contributed by atoms with Gasteiger partial charge in [-0.3, -0.25) is 0 Å². The van der Waals surface area contributed by atoms with Gasteiger partial charge in [-0.25, -0.2) is 0 Å². The van der Waals surface area contributed by atoms with Crippen LogP contribution in [-0.4, -0.2) is 18.8 Å². The summed E-state index contributed by atoms with van der Waals surface area (Å²) in [5, 5.41) is 9.51. The van der Waals surface area contributed by atoms with E-state index in [1.54, 1.807) is 7.11 Å². The van der Waals surface area contributed by atoms with E-state index in [0.717, 1.165) is 18.6 Å². The van der Waals surface area contributed by atoms with Crippen molar-refractivity contribution < 1.29 is 9.84 Å². The zero-order valence-corrected chi connectivity index (χ0v) is 9.42. The topological polar surface area (TPSA) is 29.5 Å². The van der Waals surface area contributed by atoms with E-state index in [-0.39, 0.29) is 12.0 Å². The summed E-state index contributed by atoms with van der Waals surface area (Å²) >= 11 is 0. The highest BCUT2D eigenvalue weighted by atomic mass is 16.5. The maximum Gasteiger partial charge on any atom is 0.119 e. The van der Waals surface area contributed by atoms with Crippen LogP contribution in [0, 0.1) is 6.92 Å². The minimum atomic E-state index is 0.0381. The van der Waals surface area contributed by atoms with Gasteiger partial charge in [0.1, 0.15) is 5.75 Å². The molecule has 0 heterocycles. The third-order valence-corrected chi connectivity index (χ3v) is 3.62. The van der Waals surface area contributed by atoms with Crippen LogP contribution < -0.4 is 4.74 Å². The van der Waals surface area contributed by atoms with E-state index < -0.39 is 0 Å². The van der Waals surface area contributed by atoms with Crippen molar-refractivity contribution >= 4 is 0 Å². The van der Waals surface area contributed by atoms with Gasteiger partial charge in [-0.2, -0.15) is 0 Å². The van der Waals surface area contributed by atoms with Crippen molar-refractivity contribution in [1.82, 2.24) is 0 Å². The van der Waals surface area contributed by atoms with E-state index in [1.165, 1.54) is 17.5 Å². The van der Waals surface area contributed by atoms with Crippen LogP contribution in [0.5, 0.6) is 5.75 Å². The summed E-state index contributed by atoms with van der Waals surface area (Å²) in [6.45, 7) is 2.35. The number of rotatable bonds is 3. The van der Waals surface area contributed by atoms with Gasteiger partial charge in [0.05, 0.1) is 13.7 Å². The molecular weight excluding hydrogens is 188 g/mol. The Morgan fingerprint density at radius 3 is 2.53 bits per heavy atom. The first-order valence-electron chi connectivity index (χ1n) is 5.48. The molecule has 0 atom stereocenters. The number of aryl methyl sites for hydroxylation is 1. The van der Waals surface area contributed by atoms with Gasteiger partial charge in [0, 0.05) is 5.41 Å². The highest BCUT2D eigenvalue weighted by Crippen LogP contribution is 2.44. The first-order chi connectivity index (χ1) is 7.22. The molecular formula is C13H18O2. The molecule has 0 bridgehead atoms. The van der Waals surface area contributed by atoms with Gasteiger partial charge in [0.2, 0.25) is 0 Å². The summed E-state index contributed by atoms with van der Waals surface area (Å²) in [4.78, 5) is 0. The Morgan fingerprint density at radius 2 is 2.13 bits per heavy atom. The molecule has 0 unspecified atom stereocenters. The highest BCUT2D eigenvalue weighted by molar-refractivity contribution is 5.40. The summed E-state index contributed by atoms with van der Waals surface area (Å²) in [6.07, 6.45) is 3.44. The Labute approximate surface area is 90.9 Å². The van der Waals surface area contributed by atoms with Crippen LogP contribution in [-0.2, 0) is 5.41 Å². The zero-order valence-electron chi connectivity index (χ0n) is 9.42. The third-order valence-electron chi connectivity index (χ3n) is 3.62. The molecule has 2 heteroatoms. The molecule has 0 spiro atoms. The number of benzene rings is 1. The van der Waals surface area contributed by atoms with E-state index in [4.69, 9.17) is 4.74 Å². The molecule has 1 fully saturated rings. The lowest BCUT2D eigenvalue weighted by Gasteiger charge is -2.41. The fraction of sp³-hybridized carbons (Fsp3) is 0.538. The molecule has 15 heavy (non-hydrogen) atoms. The number of hydrogen-bond donors (Lipinski definition) is 1. The summed E-state index contributed by atoms with van der Waals surface area (Å²) in [6, 6.07) is 6.13. The lowest BCUT2D eigenvalue weighted by atomic mass is 9.64. The van der Waals surface area contributed by atoms with Crippen molar-refractivity contribution in [1.29, 1.82) is 0 Å². The monoisotopic (exact) mass is 206 g/mol. The smallest absolute Gasteiger partial charge is 0.119 e. The average Bonchev–Trinajstić information content (AvgIpc) is 2.19. The summed E-state index contributed by atoms with van der Waals surface area (Å²) < 4.78 is 5.19. The van der Waals surface area contributed by atoms with Crippen molar-refractivity contribution in [2.75, 3.05) is 13.7 Å². The second kappa shape index (κ2) is 3.86. The van der Waals surface area contributed by atoms with Crippen LogP contribution in [0.3, 0.4) is 0 Å². The molecule has 82 valence electrons. The predicted octanol–water partition coefficient (Wildman–Crippen LogP) is 2.42. The van der Waals surface area contributed by atoms with Crippen molar-refractivity contribution in [3.63, 3.8) is 0 Å². The molecule has 0 radical (unpaired) electrons. The third kappa shape index (κ3) is 1.63. The van der Waals surface area contributed by atoms with Crippen molar-refractivity contribution in [3.05, 3.63) is 29.3 Å². The summed E-state index contributed by atoms with van der Waals surface area (Å²) in [5.74, 6) is 0.892. The largest absolute Gasteiger partial charge is 0.497 e. The fourth-order valence-corrected chi connectivity index (χ4v) is 2.47. The Bertz CT molecular complexity index is 348. The molecule has 2 nitrogen and oxygen atoms in total. The van der Waals surface area contributed by atoms with Crippen LogP contribution in [0.4, 0.5) is 0 Å². The molecule has 2 rings (SSSR count). The number of methoxy groups -OCH3 is 1. The molecule has 0 aliphatic heterocycles. The van der Waals surface area contributed by atoms with Crippen LogP contribution in [0.1, 0.15) is 30.4 Å². The van der Waals surface area contributed by atoms with Gasteiger partial charge >= 0.3 is 0 Å². The average molecular weight is 206 g/mol. The molecule has 1 saturated carbocycles. The van der Waals surface area contributed by atoms with Crippen LogP contribution in [0.15, 0.2) is 18.2 Å². The predicted molar refractivity (Wildman–Crippen MR) is 60.3 cm³/mol. The minimum Gasteiger partial charge on any atom is -0.497 e. The molecule has 0 aromatic heterocycles. The van der Waals surface area contributed by atoms with E-state index >= 15 is 0 Å². The fourth-order valence-electron chi connectivity index (χ4n) is 2.47. The van der Waals surface area contributed by atoms with Crippen LogP contribution in [0.25, 0.3) is 0 Å². The molecule has 1 aliphatic carbocycles. The lowest BCUT2D eigenvalue weighted by Crippen LogP contribution is -2.38. The van der Waals surface area contributed by atoms with Gasteiger partial charge in [-0.15, -0.1) is 0 Å². The van der Waals surface area contributed by atoms with Crippen molar-refractivity contribution in [2.45, 2.75) is 31.6 Å². The number of aliphatic hydroxyl groups is 1. The Balaban J connectivity index is 2.36. The number of ether oxygens (including phenoxy) is 1. The first kappa shape index (κ1) is 10.5. The maximum absolute atomic E-state index is 9.51. The van der Waals surface area contributed by atoms with E-state index in [0.29, 0.717) is 0 Å². The van der Waals surface area contributed by atoms with Gasteiger partial charge < -0.3 is 9.84 Å². The van der Waals surface area contributed by atoms with Crippen molar-refractivity contribution in [3.8, 4) is 5.75 Å². The van der Waals surface area contributed by atoms with E-state index in [1.807, 2.05) is 12.1 Å². The quantitative estimate of drug-likeness (QED) is 0.823. The molecule has 1 aromatic rings.